The summed E-state index contributed by atoms with van der Waals surface area (Å²) in [4.78, 5) is 14.0. The van der Waals surface area contributed by atoms with Gasteiger partial charge in [0.1, 0.15) is 17.7 Å². The Bertz CT molecular complexity index is 1540. The molecule has 0 spiro atoms. The first-order valence-electron chi connectivity index (χ1n) is 13.7. The molecule has 2 aromatic carbocycles. The van der Waals surface area contributed by atoms with Gasteiger partial charge in [0.05, 0.1) is 29.7 Å². The number of esters is 1. The van der Waals surface area contributed by atoms with Gasteiger partial charge in [0.25, 0.3) is 0 Å². The maximum Gasteiger partial charge on any atom is 0.420 e. The van der Waals surface area contributed by atoms with E-state index in [0.717, 1.165) is 10.4 Å². The Labute approximate surface area is 260 Å². The van der Waals surface area contributed by atoms with E-state index >= 15 is 0 Å². The number of piperidine rings is 1. The van der Waals surface area contributed by atoms with E-state index in [1.54, 1.807) is 37.3 Å². The summed E-state index contributed by atoms with van der Waals surface area (Å²) < 4.78 is 81.6. The highest BCUT2D eigenvalue weighted by Gasteiger charge is 2.43. The molecule has 1 saturated heterocycles. The maximum absolute atomic E-state index is 14.3. The number of carbonyl (C=O) groups excluding carboxylic acids is 1. The monoisotopic (exact) mass is 657 g/mol. The molecule has 10 nitrogen and oxygen atoms in total. The second-order valence-corrected chi connectivity index (χ2v) is 12.2. The second kappa shape index (κ2) is 13.9. The van der Waals surface area contributed by atoms with E-state index in [9.17, 15) is 26.4 Å². The van der Waals surface area contributed by atoms with E-state index in [1.165, 1.54) is 19.1 Å². The Morgan fingerprint density at radius 1 is 1.16 bits per heavy atom. The van der Waals surface area contributed by atoms with Gasteiger partial charge >= 0.3 is 12.1 Å². The van der Waals surface area contributed by atoms with Crippen molar-refractivity contribution in [3.63, 3.8) is 0 Å². The number of nitrogens with two attached hydrogens (primary N) is 1. The van der Waals surface area contributed by atoms with Gasteiger partial charge in [-0.15, -0.1) is 12.4 Å². The van der Waals surface area contributed by atoms with E-state index in [4.69, 9.17) is 26.0 Å². The SMILES string of the molecule is CCOC(=O)CS(=O)(=O)N1c2cc(C(F)(F)F)c(OC3CCN(C(C)=N)CC3)cc2CC1/C=C/c1cccc(C(=N)N)c1.Cl. The Hall–Kier alpha value is -3.78. The van der Waals surface area contributed by atoms with Crippen molar-refractivity contribution in [1.29, 1.82) is 10.8 Å². The number of alkyl halides is 3. The highest BCUT2D eigenvalue weighted by Crippen LogP contribution is 2.45. The maximum atomic E-state index is 14.3. The van der Waals surface area contributed by atoms with Gasteiger partial charge < -0.3 is 20.1 Å². The summed E-state index contributed by atoms with van der Waals surface area (Å²) in [6.07, 6.45) is -1.36. The van der Waals surface area contributed by atoms with E-state index in [2.05, 4.69) is 0 Å². The number of carbonyl (C=O) groups is 1. The fourth-order valence-electron chi connectivity index (χ4n) is 5.23. The molecule has 0 aromatic heterocycles. The summed E-state index contributed by atoms with van der Waals surface area (Å²) in [6.45, 7) is 4.06. The lowest BCUT2D eigenvalue weighted by Crippen LogP contribution is -2.40. The van der Waals surface area contributed by atoms with Gasteiger partial charge in [-0.05, 0) is 49.6 Å². The first-order valence-corrected chi connectivity index (χ1v) is 15.3. The molecule has 2 heterocycles. The van der Waals surface area contributed by atoms with E-state index in [-0.39, 0.29) is 37.0 Å². The number of hydrogen-bond acceptors (Lipinski definition) is 7. The number of nitrogen functional groups attached to an aromatic ring is 1. The van der Waals surface area contributed by atoms with Crippen LogP contribution in [0.1, 0.15) is 48.9 Å². The van der Waals surface area contributed by atoms with Crippen LogP contribution in [0.3, 0.4) is 0 Å². The first-order chi connectivity index (χ1) is 20.2. The van der Waals surface area contributed by atoms with Gasteiger partial charge in [-0.1, -0.05) is 30.4 Å². The van der Waals surface area contributed by atoms with Gasteiger partial charge in [0.15, 0.2) is 5.75 Å². The number of halogens is 4. The number of anilines is 1. The van der Waals surface area contributed by atoms with E-state index in [1.807, 2.05) is 4.90 Å². The van der Waals surface area contributed by atoms with Crippen LogP contribution in [-0.4, -0.2) is 68.6 Å². The lowest BCUT2D eigenvalue weighted by atomic mass is 10.0. The Morgan fingerprint density at radius 3 is 2.43 bits per heavy atom. The van der Waals surface area contributed by atoms with Gasteiger partial charge in [0, 0.05) is 31.5 Å². The van der Waals surface area contributed by atoms with E-state index in [0.29, 0.717) is 48.5 Å². The number of ether oxygens (including phenoxy) is 2. The van der Waals surface area contributed by atoms with Crippen LogP contribution in [-0.2, 0) is 32.2 Å². The molecule has 1 fully saturated rings. The molecular formula is C29H35ClF3N5O5S. The van der Waals surface area contributed by atoms with E-state index < -0.39 is 51.4 Å². The molecule has 2 aliphatic heterocycles. The average molecular weight is 658 g/mol. The molecule has 1 atom stereocenters. The minimum Gasteiger partial charge on any atom is -0.490 e. The molecule has 0 radical (unpaired) electrons. The van der Waals surface area contributed by atoms with Crippen LogP contribution >= 0.6 is 12.4 Å². The van der Waals surface area contributed by atoms with Gasteiger partial charge in [-0.2, -0.15) is 13.2 Å². The molecule has 0 aliphatic carbocycles. The number of benzene rings is 2. The van der Waals surface area contributed by atoms with Crippen LogP contribution in [0.25, 0.3) is 6.08 Å². The molecule has 1 unspecified atom stereocenters. The van der Waals surface area contributed by atoms with Crippen LogP contribution in [0.4, 0.5) is 18.9 Å². The van der Waals surface area contributed by atoms with Crippen LogP contribution < -0.4 is 14.8 Å². The third-order valence-corrected chi connectivity index (χ3v) is 8.94. The summed E-state index contributed by atoms with van der Waals surface area (Å²) in [5.74, 6) is -2.24. The van der Waals surface area contributed by atoms with Crippen molar-refractivity contribution in [2.24, 2.45) is 5.73 Å². The fourth-order valence-corrected chi connectivity index (χ4v) is 6.78. The first kappa shape index (κ1) is 34.7. The topological polar surface area (TPSA) is 150 Å². The van der Waals surface area contributed by atoms with Crippen molar-refractivity contribution in [3.05, 3.63) is 64.7 Å². The predicted octanol–water partition coefficient (Wildman–Crippen LogP) is 4.59. The summed E-state index contributed by atoms with van der Waals surface area (Å²) in [7, 11) is -4.47. The van der Waals surface area contributed by atoms with Crippen molar-refractivity contribution in [2.75, 3.05) is 29.8 Å². The summed E-state index contributed by atoms with van der Waals surface area (Å²) >= 11 is 0. The van der Waals surface area contributed by atoms with Gasteiger partial charge in [-0.3, -0.25) is 19.9 Å². The number of likely N-dealkylation sites (tertiary alicyclic amines) is 1. The third-order valence-electron chi connectivity index (χ3n) is 7.28. The Morgan fingerprint density at radius 2 is 1.84 bits per heavy atom. The molecule has 2 aliphatic rings. The fraction of sp³-hybridized carbons (Fsp3) is 0.414. The third kappa shape index (κ3) is 8.03. The average Bonchev–Trinajstić information content (AvgIpc) is 3.29. The lowest BCUT2D eigenvalue weighted by Gasteiger charge is -2.33. The minimum atomic E-state index is -4.85. The predicted molar refractivity (Wildman–Crippen MR) is 164 cm³/mol. The summed E-state index contributed by atoms with van der Waals surface area (Å²) in [6, 6.07) is 7.70. The normalized spacial score (nSPS) is 17.2. The highest BCUT2D eigenvalue weighted by atomic mass is 35.5. The smallest absolute Gasteiger partial charge is 0.420 e. The van der Waals surface area contributed by atoms with Crippen molar-refractivity contribution < 1.29 is 35.9 Å². The summed E-state index contributed by atoms with van der Waals surface area (Å²) in [5.41, 5.74) is 5.62. The Kier molecular flexibility index (Phi) is 11.0. The molecule has 2 aromatic rings. The number of nitrogens with one attached hydrogen (secondary N) is 2. The molecular weight excluding hydrogens is 623 g/mol. The van der Waals surface area contributed by atoms with Crippen molar-refractivity contribution in [3.8, 4) is 5.75 Å². The number of amidine groups is 2. The van der Waals surface area contributed by atoms with Crippen molar-refractivity contribution >= 4 is 51.8 Å². The zero-order chi connectivity index (χ0) is 31.5. The largest absolute Gasteiger partial charge is 0.490 e. The number of rotatable bonds is 9. The van der Waals surface area contributed by atoms with Crippen LogP contribution in [0.5, 0.6) is 5.75 Å². The molecule has 240 valence electrons. The van der Waals surface area contributed by atoms with Crippen LogP contribution in [0, 0.1) is 10.8 Å². The molecule has 0 saturated carbocycles. The number of nitrogens with zero attached hydrogens (tertiary/aromatic N) is 2. The molecule has 44 heavy (non-hydrogen) atoms. The Balaban J connectivity index is 0.00000529. The standard InChI is InChI=1S/C29H34F3N5O5S.ClH/c1-3-41-27(38)17-43(39,40)37-22(8-7-19-5-4-6-20(13-19)28(34)35)14-21-15-26(24(16-25(21)37)29(30,31)32)42-23-9-11-36(12-10-23)18(2)33;/h4-8,13,15-16,22-23,33H,3,9-12,14,17H2,1-2H3,(H3,34,35);1H/b8-7+,33-18?;. The molecule has 4 rings (SSSR count). The number of hydrogen-bond donors (Lipinski definition) is 3. The zero-order valence-electron chi connectivity index (χ0n) is 24.2. The minimum absolute atomic E-state index is 0. The van der Waals surface area contributed by atoms with Crippen LogP contribution in [0.15, 0.2) is 42.5 Å². The zero-order valence-corrected chi connectivity index (χ0v) is 25.8. The van der Waals surface area contributed by atoms with Gasteiger partial charge in [-0.25, -0.2) is 8.42 Å². The van der Waals surface area contributed by atoms with Crippen LogP contribution in [0.2, 0.25) is 0 Å². The molecule has 0 bridgehead atoms. The van der Waals surface area contributed by atoms with Gasteiger partial charge in [0.2, 0.25) is 10.0 Å². The highest BCUT2D eigenvalue weighted by molar-refractivity contribution is 7.93. The van der Waals surface area contributed by atoms with Crippen molar-refractivity contribution in [2.45, 2.75) is 51.4 Å². The molecule has 4 N–H and O–H groups in total. The lowest BCUT2D eigenvalue weighted by molar-refractivity contribution is -0.140. The molecule has 0 amide bonds. The number of fused-ring (bicyclic) bond motifs is 1. The second-order valence-electron chi connectivity index (χ2n) is 10.4. The number of sulfonamides is 1. The quantitative estimate of drug-likeness (QED) is 0.203. The summed E-state index contributed by atoms with van der Waals surface area (Å²) in [5, 5.41) is 15.4. The van der Waals surface area contributed by atoms with Crippen molar-refractivity contribution in [1.82, 2.24) is 4.90 Å². The molecule has 15 heteroatoms.